The first kappa shape index (κ1) is 12.9. The SMILES string of the molecule is C#CC(C)(C)Oc1nc2ccccc2cc1C(=O)O. The van der Waals surface area contributed by atoms with Gasteiger partial charge in [-0.05, 0) is 26.0 Å². The van der Waals surface area contributed by atoms with Gasteiger partial charge < -0.3 is 9.84 Å². The van der Waals surface area contributed by atoms with Gasteiger partial charge in [-0.25, -0.2) is 9.78 Å². The summed E-state index contributed by atoms with van der Waals surface area (Å²) in [4.78, 5) is 15.5. The first-order valence-corrected chi connectivity index (χ1v) is 5.73. The van der Waals surface area contributed by atoms with E-state index in [1.54, 1.807) is 26.0 Å². The number of aromatic carboxylic acids is 1. The van der Waals surface area contributed by atoms with E-state index in [2.05, 4.69) is 10.9 Å². The molecular formula is C15H13NO3. The van der Waals surface area contributed by atoms with Crippen LogP contribution in [0.5, 0.6) is 5.88 Å². The highest BCUT2D eigenvalue weighted by atomic mass is 16.5. The van der Waals surface area contributed by atoms with E-state index >= 15 is 0 Å². The van der Waals surface area contributed by atoms with Crippen molar-refractivity contribution in [1.82, 2.24) is 4.98 Å². The van der Waals surface area contributed by atoms with Crippen LogP contribution in [0.15, 0.2) is 30.3 Å². The van der Waals surface area contributed by atoms with Crippen LogP contribution in [0.4, 0.5) is 0 Å². The molecule has 4 nitrogen and oxygen atoms in total. The van der Waals surface area contributed by atoms with Crippen molar-refractivity contribution < 1.29 is 14.6 Å². The van der Waals surface area contributed by atoms with E-state index in [-0.39, 0.29) is 11.4 Å². The van der Waals surface area contributed by atoms with Gasteiger partial charge in [0, 0.05) is 5.39 Å². The summed E-state index contributed by atoms with van der Waals surface area (Å²) in [6.07, 6.45) is 5.34. The highest BCUT2D eigenvalue weighted by Crippen LogP contribution is 2.25. The molecule has 19 heavy (non-hydrogen) atoms. The number of carboxylic acids is 1. The number of benzene rings is 1. The van der Waals surface area contributed by atoms with E-state index in [1.165, 1.54) is 6.07 Å². The predicted molar refractivity (Wildman–Crippen MR) is 72.2 cm³/mol. The Kier molecular flexibility index (Phi) is 3.14. The molecule has 0 atom stereocenters. The summed E-state index contributed by atoms with van der Waals surface area (Å²) in [7, 11) is 0. The van der Waals surface area contributed by atoms with Gasteiger partial charge in [-0.3, -0.25) is 0 Å². The van der Waals surface area contributed by atoms with Crippen molar-refractivity contribution in [3.05, 3.63) is 35.9 Å². The average Bonchev–Trinajstić information content (AvgIpc) is 2.37. The summed E-state index contributed by atoms with van der Waals surface area (Å²) >= 11 is 0. The summed E-state index contributed by atoms with van der Waals surface area (Å²) in [5, 5.41) is 9.96. The van der Waals surface area contributed by atoms with E-state index in [1.807, 2.05) is 12.1 Å². The van der Waals surface area contributed by atoms with E-state index in [0.29, 0.717) is 5.52 Å². The van der Waals surface area contributed by atoms with E-state index in [0.717, 1.165) is 5.39 Å². The van der Waals surface area contributed by atoms with Crippen LogP contribution in [0.3, 0.4) is 0 Å². The first-order chi connectivity index (χ1) is 8.93. The molecule has 0 saturated carbocycles. The standard InChI is InChI=1S/C15H13NO3/c1-4-15(2,3)19-13-11(14(17)18)9-10-7-5-6-8-12(10)16-13/h1,5-9H,2-3H3,(H,17,18). The number of fused-ring (bicyclic) bond motifs is 1. The molecular weight excluding hydrogens is 242 g/mol. The number of hydrogen-bond donors (Lipinski definition) is 1. The van der Waals surface area contributed by atoms with Crippen LogP contribution in [0.1, 0.15) is 24.2 Å². The highest BCUT2D eigenvalue weighted by Gasteiger charge is 2.22. The number of pyridine rings is 1. The molecule has 0 aliphatic heterocycles. The first-order valence-electron chi connectivity index (χ1n) is 5.73. The van der Waals surface area contributed by atoms with E-state index in [9.17, 15) is 9.90 Å². The molecule has 4 heteroatoms. The van der Waals surface area contributed by atoms with Gasteiger partial charge in [-0.2, -0.15) is 0 Å². The van der Waals surface area contributed by atoms with E-state index in [4.69, 9.17) is 11.2 Å². The van der Waals surface area contributed by atoms with Crippen molar-refractivity contribution in [3.63, 3.8) is 0 Å². The van der Waals surface area contributed by atoms with Gasteiger partial charge in [0.2, 0.25) is 5.88 Å². The number of rotatable bonds is 3. The Morgan fingerprint density at radius 1 is 1.42 bits per heavy atom. The minimum absolute atomic E-state index is 0.00188. The third-order valence-corrected chi connectivity index (χ3v) is 2.62. The quantitative estimate of drug-likeness (QED) is 0.857. The molecule has 1 heterocycles. The zero-order valence-corrected chi connectivity index (χ0v) is 10.7. The van der Waals surface area contributed by atoms with Crippen LogP contribution >= 0.6 is 0 Å². The maximum Gasteiger partial charge on any atom is 0.341 e. The van der Waals surface area contributed by atoms with Crippen molar-refractivity contribution >= 4 is 16.9 Å². The lowest BCUT2D eigenvalue weighted by Gasteiger charge is -2.20. The summed E-state index contributed by atoms with van der Waals surface area (Å²) in [6.45, 7) is 3.35. The number of carboxylic acid groups (broad SMARTS) is 1. The summed E-state index contributed by atoms with van der Waals surface area (Å²) in [5.41, 5.74) is -0.253. The number of terminal acetylenes is 1. The highest BCUT2D eigenvalue weighted by molar-refractivity contribution is 5.95. The van der Waals surface area contributed by atoms with Crippen LogP contribution < -0.4 is 4.74 Å². The fourth-order valence-corrected chi connectivity index (χ4v) is 1.60. The second-order valence-corrected chi connectivity index (χ2v) is 4.60. The number of carbonyl (C=O) groups is 1. The van der Waals surface area contributed by atoms with Gasteiger partial charge in [0.15, 0.2) is 5.60 Å². The van der Waals surface area contributed by atoms with E-state index < -0.39 is 11.6 Å². The molecule has 96 valence electrons. The summed E-state index contributed by atoms with van der Waals surface area (Å²) in [5.74, 6) is 1.39. The molecule has 0 amide bonds. The predicted octanol–water partition coefficient (Wildman–Crippen LogP) is 2.72. The number of para-hydroxylation sites is 1. The lowest BCUT2D eigenvalue weighted by molar-refractivity contribution is 0.0685. The molecule has 1 N–H and O–H groups in total. The Morgan fingerprint density at radius 3 is 2.74 bits per heavy atom. The van der Waals surface area contributed by atoms with Crippen LogP contribution in [0.25, 0.3) is 10.9 Å². The molecule has 2 aromatic rings. The lowest BCUT2D eigenvalue weighted by atomic mass is 10.1. The van der Waals surface area contributed by atoms with Gasteiger partial charge in [0.1, 0.15) is 5.56 Å². The fourth-order valence-electron chi connectivity index (χ4n) is 1.60. The molecule has 0 saturated heterocycles. The molecule has 0 fully saturated rings. The molecule has 1 aromatic carbocycles. The largest absolute Gasteiger partial charge is 0.477 e. The van der Waals surface area contributed by atoms with Gasteiger partial charge in [0.25, 0.3) is 0 Å². The van der Waals surface area contributed by atoms with Crippen molar-refractivity contribution in [2.24, 2.45) is 0 Å². The Hall–Kier alpha value is -2.54. The van der Waals surface area contributed by atoms with Gasteiger partial charge in [0.05, 0.1) is 5.52 Å². The second kappa shape index (κ2) is 4.62. The molecule has 0 unspecified atom stereocenters. The van der Waals surface area contributed by atoms with Gasteiger partial charge in [-0.1, -0.05) is 24.1 Å². The Bertz CT molecular complexity index is 683. The van der Waals surface area contributed by atoms with Crippen molar-refractivity contribution in [1.29, 1.82) is 0 Å². The fraction of sp³-hybridized carbons (Fsp3) is 0.200. The maximum absolute atomic E-state index is 11.3. The summed E-state index contributed by atoms with van der Waals surface area (Å²) in [6, 6.07) is 8.77. The molecule has 0 radical (unpaired) electrons. The molecule has 0 bridgehead atoms. The number of nitrogens with zero attached hydrogens (tertiary/aromatic N) is 1. The summed E-state index contributed by atoms with van der Waals surface area (Å²) < 4.78 is 5.52. The third kappa shape index (κ3) is 2.66. The van der Waals surface area contributed by atoms with Crippen molar-refractivity contribution in [2.75, 3.05) is 0 Å². The van der Waals surface area contributed by atoms with Gasteiger partial charge >= 0.3 is 5.97 Å². The molecule has 2 rings (SSSR count). The number of hydrogen-bond acceptors (Lipinski definition) is 3. The molecule has 0 aliphatic rings. The lowest BCUT2D eigenvalue weighted by Crippen LogP contribution is -2.27. The van der Waals surface area contributed by atoms with Crippen molar-refractivity contribution in [2.45, 2.75) is 19.4 Å². The molecule has 0 spiro atoms. The zero-order valence-electron chi connectivity index (χ0n) is 10.7. The zero-order chi connectivity index (χ0) is 14.0. The molecule has 0 aliphatic carbocycles. The second-order valence-electron chi connectivity index (χ2n) is 4.60. The minimum atomic E-state index is -1.10. The smallest absolute Gasteiger partial charge is 0.341 e. The van der Waals surface area contributed by atoms with Crippen molar-refractivity contribution in [3.8, 4) is 18.2 Å². The van der Waals surface area contributed by atoms with Gasteiger partial charge in [-0.15, -0.1) is 6.42 Å². The number of aromatic nitrogens is 1. The molecule has 1 aromatic heterocycles. The topological polar surface area (TPSA) is 59.4 Å². The van der Waals surface area contributed by atoms with Crippen LogP contribution in [0, 0.1) is 12.3 Å². The average molecular weight is 255 g/mol. The monoisotopic (exact) mass is 255 g/mol. The Labute approximate surface area is 111 Å². The Balaban J connectivity index is 2.61. The number of ether oxygens (including phenoxy) is 1. The van der Waals surface area contributed by atoms with Crippen LogP contribution in [0.2, 0.25) is 0 Å². The normalized spacial score (nSPS) is 11.0. The maximum atomic E-state index is 11.3. The van der Waals surface area contributed by atoms with Crippen LogP contribution in [-0.4, -0.2) is 21.7 Å². The minimum Gasteiger partial charge on any atom is -0.477 e. The third-order valence-electron chi connectivity index (χ3n) is 2.62. The van der Waals surface area contributed by atoms with Crippen LogP contribution in [-0.2, 0) is 0 Å². The Morgan fingerprint density at radius 2 is 2.11 bits per heavy atom.